The summed E-state index contributed by atoms with van der Waals surface area (Å²) in [6, 6.07) is 16.0. The molecule has 5 rings (SSSR count). The Bertz CT molecular complexity index is 1200. The Morgan fingerprint density at radius 3 is 2.40 bits per heavy atom. The molecular weight excluding hydrogens is 506 g/mol. The largest absolute Gasteiger partial charge is 0.438 e. The number of aliphatic hydroxyl groups is 1. The van der Waals surface area contributed by atoms with Crippen molar-refractivity contribution in [3.63, 3.8) is 0 Å². The summed E-state index contributed by atoms with van der Waals surface area (Å²) in [6.45, 7) is 1.13. The quantitative estimate of drug-likeness (QED) is 0.316. The first kappa shape index (κ1) is 28.3. The summed E-state index contributed by atoms with van der Waals surface area (Å²) in [7, 11) is 0. The number of hydrogen-bond donors (Lipinski definition) is 3. The number of carbonyl (C=O) groups is 2. The molecule has 1 unspecified atom stereocenters. The van der Waals surface area contributed by atoms with E-state index >= 15 is 0 Å². The molecule has 3 N–H and O–H groups in total. The van der Waals surface area contributed by atoms with E-state index in [1.54, 1.807) is 0 Å². The first-order valence-corrected chi connectivity index (χ1v) is 14.8. The lowest BCUT2D eigenvalue weighted by Gasteiger charge is -2.30. The van der Waals surface area contributed by atoms with E-state index in [0.29, 0.717) is 62.3 Å². The van der Waals surface area contributed by atoms with Gasteiger partial charge in [0.15, 0.2) is 11.7 Å². The van der Waals surface area contributed by atoms with Crippen LogP contribution >= 0.6 is 0 Å². The number of aryl methyl sites for hydroxylation is 1. The molecular formula is C32H41N3O5. The maximum absolute atomic E-state index is 13.9. The molecule has 1 saturated heterocycles. The molecule has 0 radical (unpaired) electrons. The normalized spacial score (nSPS) is 19.1. The van der Waals surface area contributed by atoms with Crippen molar-refractivity contribution in [2.24, 2.45) is 11.8 Å². The zero-order chi connectivity index (χ0) is 27.7. The van der Waals surface area contributed by atoms with Crippen LogP contribution < -0.4 is 10.6 Å². The highest BCUT2D eigenvalue weighted by molar-refractivity contribution is 5.88. The van der Waals surface area contributed by atoms with Crippen LogP contribution in [0.1, 0.15) is 75.3 Å². The summed E-state index contributed by atoms with van der Waals surface area (Å²) in [6.07, 6.45) is 7.61. The fourth-order valence-corrected chi connectivity index (χ4v) is 5.98. The number of oxazole rings is 1. The molecule has 1 aromatic heterocycles. The summed E-state index contributed by atoms with van der Waals surface area (Å²) in [4.78, 5) is 31.5. The molecule has 40 heavy (non-hydrogen) atoms. The minimum atomic E-state index is -1.14. The van der Waals surface area contributed by atoms with Crippen molar-refractivity contribution in [3.05, 3.63) is 66.1 Å². The number of benzene rings is 2. The summed E-state index contributed by atoms with van der Waals surface area (Å²) >= 11 is 0. The number of para-hydroxylation sites is 2. The summed E-state index contributed by atoms with van der Waals surface area (Å²) in [5.74, 6) is 0.0762. The van der Waals surface area contributed by atoms with Crippen LogP contribution in [-0.2, 0) is 20.7 Å². The van der Waals surface area contributed by atoms with Crippen LogP contribution in [0.2, 0.25) is 0 Å². The van der Waals surface area contributed by atoms with Gasteiger partial charge in [-0.15, -0.1) is 0 Å². The van der Waals surface area contributed by atoms with Gasteiger partial charge in [0.25, 0.3) is 0 Å². The molecule has 2 amide bonds. The van der Waals surface area contributed by atoms with Crippen molar-refractivity contribution in [2.45, 2.75) is 82.4 Å². The number of carbonyl (C=O) groups excluding carboxylic acids is 2. The van der Waals surface area contributed by atoms with Gasteiger partial charge in [-0.1, -0.05) is 74.6 Å². The number of hydrogen-bond acceptors (Lipinski definition) is 6. The van der Waals surface area contributed by atoms with Crippen molar-refractivity contribution in [2.75, 3.05) is 13.2 Å². The fraction of sp³-hybridized carbons (Fsp3) is 0.531. The van der Waals surface area contributed by atoms with Gasteiger partial charge in [-0.25, -0.2) is 4.98 Å². The first-order valence-electron chi connectivity index (χ1n) is 14.8. The maximum Gasteiger partial charge on any atom is 0.242 e. The highest BCUT2D eigenvalue weighted by Gasteiger charge is 2.33. The van der Waals surface area contributed by atoms with Gasteiger partial charge in [0, 0.05) is 19.1 Å². The van der Waals surface area contributed by atoms with Gasteiger partial charge in [0.1, 0.15) is 11.6 Å². The van der Waals surface area contributed by atoms with Crippen molar-refractivity contribution in [1.82, 2.24) is 15.6 Å². The smallest absolute Gasteiger partial charge is 0.242 e. The minimum Gasteiger partial charge on any atom is -0.438 e. The molecule has 3 atom stereocenters. The van der Waals surface area contributed by atoms with Gasteiger partial charge < -0.3 is 24.9 Å². The zero-order valence-corrected chi connectivity index (χ0v) is 23.1. The van der Waals surface area contributed by atoms with Gasteiger partial charge in [-0.3, -0.25) is 9.59 Å². The Balaban J connectivity index is 1.34. The third-order valence-electron chi connectivity index (χ3n) is 8.38. The van der Waals surface area contributed by atoms with Crippen molar-refractivity contribution in [1.29, 1.82) is 0 Å². The van der Waals surface area contributed by atoms with Crippen LogP contribution in [0.4, 0.5) is 0 Å². The van der Waals surface area contributed by atoms with Crippen LogP contribution in [-0.4, -0.2) is 47.2 Å². The van der Waals surface area contributed by atoms with E-state index in [1.165, 1.54) is 6.42 Å². The number of rotatable bonds is 11. The lowest BCUT2D eigenvalue weighted by molar-refractivity contribution is -0.134. The molecule has 1 aliphatic carbocycles. The van der Waals surface area contributed by atoms with E-state index in [1.807, 2.05) is 54.6 Å². The Hall–Kier alpha value is -3.23. The van der Waals surface area contributed by atoms with Gasteiger partial charge in [0.05, 0.1) is 6.04 Å². The second-order valence-electron chi connectivity index (χ2n) is 11.3. The molecule has 0 bridgehead atoms. The number of fused-ring (bicyclic) bond motifs is 1. The van der Waals surface area contributed by atoms with E-state index in [2.05, 4.69) is 15.6 Å². The van der Waals surface area contributed by atoms with Crippen LogP contribution in [0.15, 0.2) is 59.0 Å². The molecule has 1 saturated carbocycles. The van der Waals surface area contributed by atoms with Crippen LogP contribution in [0.3, 0.4) is 0 Å². The van der Waals surface area contributed by atoms with Gasteiger partial charge in [-0.05, 0) is 55.7 Å². The molecule has 3 aromatic rings. The third-order valence-corrected chi connectivity index (χ3v) is 8.38. The Morgan fingerprint density at radius 1 is 0.925 bits per heavy atom. The van der Waals surface area contributed by atoms with Crippen molar-refractivity contribution >= 4 is 22.9 Å². The molecule has 214 valence electrons. The predicted octanol–water partition coefficient (Wildman–Crippen LogP) is 4.86. The monoisotopic (exact) mass is 547 g/mol. The Labute approximate surface area is 235 Å². The number of nitrogens with zero attached hydrogens (tertiary/aromatic N) is 1. The number of nitrogens with one attached hydrogen (secondary N) is 2. The fourth-order valence-electron chi connectivity index (χ4n) is 5.98. The van der Waals surface area contributed by atoms with Gasteiger partial charge in [-0.2, -0.15) is 0 Å². The maximum atomic E-state index is 13.9. The zero-order valence-electron chi connectivity index (χ0n) is 23.1. The molecule has 0 spiro atoms. The van der Waals surface area contributed by atoms with E-state index in [4.69, 9.17) is 9.15 Å². The molecule has 2 fully saturated rings. The van der Waals surface area contributed by atoms with Crippen LogP contribution in [0.25, 0.3) is 11.1 Å². The standard InChI is InChI=1S/C32H41N3O5/c36-29(32-35-25-13-7-8-14-28(25)40-32)26(16-15-22-9-3-1-4-10-22)33-31(38)27(21-23-11-5-2-6-12-23)34-30(37)24-17-19-39-20-18-24/h1,3-4,7-10,13-14,23-24,26-27,29,36H,2,5-6,11-12,15-21H2,(H,33,38)(H,34,37)/t26-,27-,29?/m0/s1. The second kappa shape index (κ2) is 13.9. The van der Waals surface area contributed by atoms with E-state index in [-0.39, 0.29) is 23.6 Å². The number of amides is 2. The molecule has 1 aliphatic heterocycles. The molecule has 2 aromatic carbocycles. The average Bonchev–Trinajstić information content (AvgIpc) is 3.44. The first-order chi connectivity index (χ1) is 19.6. The molecule has 8 heteroatoms. The number of aliphatic hydroxyl groups excluding tert-OH is 1. The minimum absolute atomic E-state index is 0.0837. The van der Waals surface area contributed by atoms with Crippen molar-refractivity contribution in [3.8, 4) is 0 Å². The van der Waals surface area contributed by atoms with Gasteiger partial charge in [0.2, 0.25) is 17.7 Å². The van der Waals surface area contributed by atoms with E-state index < -0.39 is 18.2 Å². The summed E-state index contributed by atoms with van der Waals surface area (Å²) in [5.41, 5.74) is 2.35. The summed E-state index contributed by atoms with van der Waals surface area (Å²) < 4.78 is 11.3. The Morgan fingerprint density at radius 2 is 1.65 bits per heavy atom. The van der Waals surface area contributed by atoms with Crippen LogP contribution in [0.5, 0.6) is 0 Å². The average molecular weight is 548 g/mol. The number of aromatic nitrogens is 1. The molecule has 2 heterocycles. The molecule has 2 aliphatic rings. The Kier molecular flexibility index (Phi) is 9.84. The van der Waals surface area contributed by atoms with E-state index in [0.717, 1.165) is 31.2 Å². The SMILES string of the molecule is O=C(N[C@@H](CC1CCCCC1)C(=O)N[C@@H](CCc1ccccc1)C(O)c1nc2ccccc2o1)C1CCOCC1. The van der Waals surface area contributed by atoms with Crippen LogP contribution in [0, 0.1) is 11.8 Å². The lowest BCUT2D eigenvalue weighted by Crippen LogP contribution is -2.53. The third kappa shape index (κ3) is 7.49. The topological polar surface area (TPSA) is 114 Å². The number of ether oxygens (including phenoxy) is 1. The lowest BCUT2D eigenvalue weighted by atomic mass is 9.84. The summed E-state index contributed by atoms with van der Waals surface area (Å²) in [5, 5.41) is 17.6. The second-order valence-corrected chi connectivity index (χ2v) is 11.3. The van der Waals surface area contributed by atoms with E-state index in [9.17, 15) is 14.7 Å². The highest BCUT2D eigenvalue weighted by Crippen LogP contribution is 2.29. The molecule has 8 nitrogen and oxygen atoms in total. The highest BCUT2D eigenvalue weighted by atomic mass is 16.5. The van der Waals surface area contributed by atoms with Crippen molar-refractivity contribution < 1.29 is 23.8 Å². The van der Waals surface area contributed by atoms with Gasteiger partial charge >= 0.3 is 0 Å². The predicted molar refractivity (Wildman–Crippen MR) is 152 cm³/mol.